The van der Waals surface area contributed by atoms with Gasteiger partial charge in [-0.05, 0) is 12.1 Å². The Morgan fingerprint density at radius 2 is 2.07 bits per heavy atom. The van der Waals surface area contributed by atoms with Crippen LogP contribution in [0.3, 0.4) is 0 Å². The molecule has 0 fully saturated rings. The minimum Gasteiger partial charge on any atom is -0.366 e. The van der Waals surface area contributed by atoms with Gasteiger partial charge >= 0.3 is 0 Å². The number of fused-ring (bicyclic) bond motifs is 1. The minimum absolute atomic E-state index is 0.105. The van der Waals surface area contributed by atoms with Gasteiger partial charge in [0.25, 0.3) is 5.91 Å². The van der Waals surface area contributed by atoms with Gasteiger partial charge in [-0.2, -0.15) is 0 Å². The summed E-state index contributed by atoms with van der Waals surface area (Å²) in [5.74, 6) is -0.526. The standard InChI is InChI=1S/C11H10N2O2/c1-13-6-5-9(14)7-3-2-4-8(10(7)13)11(12)15/h2-6H,1H3,(H2,12,15). The Balaban J connectivity index is 3.03. The molecule has 76 valence electrons. The van der Waals surface area contributed by atoms with Crippen LogP contribution in [-0.2, 0) is 7.05 Å². The van der Waals surface area contributed by atoms with Crippen LogP contribution >= 0.6 is 0 Å². The summed E-state index contributed by atoms with van der Waals surface area (Å²) in [6.07, 6.45) is 1.62. The average Bonchev–Trinajstić information content (AvgIpc) is 2.23. The van der Waals surface area contributed by atoms with Crippen molar-refractivity contribution in [3.8, 4) is 0 Å². The van der Waals surface area contributed by atoms with Crippen LogP contribution in [0, 0.1) is 0 Å². The average molecular weight is 202 g/mol. The highest BCUT2D eigenvalue weighted by molar-refractivity contribution is 6.04. The molecule has 0 aliphatic heterocycles. The molecule has 2 aromatic rings. The molecule has 15 heavy (non-hydrogen) atoms. The first-order chi connectivity index (χ1) is 7.11. The maximum atomic E-state index is 11.5. The molecule has 0 saturated heterocycles. The van der Waals surface area contributed by atoms with Gasteiger partial charge < -0.3 is 10.3 Å². The van der Waals surface area contributed by atoms with E-state index in [1.54, 1.807) is 36.0 Å². The van der Waals surface area contributed by atoms with E-state index in [-0.39, 0.29) is 5.43 Å². The second-order valence-corrected chi connectivity index (χ2v) is 3.36. The summed E-state index contributed by atoms with van der Waals surface area (Å²) in [7, 11) is 1.77. The number of amides is 1. The predicted molar refractivity (Wildman–Crippen MR) is 57.7 cm³/mol. The first kappa shape index (κ1) is 9.45. The first-order valence-corrected chi connectivity index (χ1v) is 4.49. The lowest BCUT2D eigenvalue weighted by Crippen LogP contribution is -2.15. The molecule has 0 atom stereocenters. The number of nitrogens with zero attached hydrogens (tertiary/aromatic N) is 1. The maximum Gasteiger partial charge on any atom is 0.250 e. The SMILES string of the molecule is Cn1ccc(=O)c2cccc(C(N)=O)c21. The third-order valence-electron chi connectivity index (χ3n) is 2.37. The van der Waals surface area contributed by atoms with Crippen LogP contribution < -0.4 is 11.2 Å². The summed E-state index contributed by atoms with van der Waals surface area (Å²) < 4.78 is 1.72. The molecule has 0 saturated carbocycles. The molecule has 1 heterocycles. The molecule has 0 aliphatic carbocycles. The molecule has 0 spiro atoms. The highest BCUT2D eigenvalue weighted by atomic mass is 16.1. The molecular weight excluding hydrogens is 192 g/mol. The number of aromatic nitrogens is 1. The van der Waals surface area contributed by atoms with E-state index in [0.29, 0.717) is 16.5 Å². The monoisotopic (exact) mass is 202 g/mol. The van der Waals surface area contributed by atoms with Crippen molar-refractivity contribution in [2.24, 2.45) is 12.8 Å². The van der Waals surface area contributed by atoms with E-state index in [1.165, 1.54) is 6.07 Å². The van der Waals surface area contributed by atoms with E-state index in [4.69, 9.17) is 5.73 Å². The van der Waals surface area contributed by atoms with Crippen LogP contribution in [0.2, 0.25) is 0 Å². The summed E-state index contributed by atoms with van der Waals surface area (Å²) in [5.41, 5.74) is 6.09. The predicted octanol–water partition coefficient (Wildman–Crippen LogP) is 0.637. The molecule has 4 nitrogen and oxygen atoms in total. The number of primary amides is 1. The fourth-order valence-corrected chi connectivity index (χ4v) is 1.66. The highest BCUT2D eigenvalue weighted by Gasteiger charge is 2.09. The van der Waals surface area contributed by atoms with Crippen LogP contribution in [0.25, 0.3) is 10.9 Å². The van der Waals surface area contributed by atoms with E-state index < -0.39 is 5.91 Å². The number of hydrogen-bond acceptors (Lipinski definition) is 2. The van der Waals surface area contributed by atoms with E-state index in [1.807, 2.05) is 0 Å². The zero-order valence-electron chi connectivity index (χ0n) is 8.23. The van der Waals surface area contributed by atoms with Crippen molar-refractivity contribution >= 4 is 16.8 Å². The van der Waals surface area contributed by atoms with Crippen LogP contribution in [0.4, 0.5) is 0 Å². The highest BCUT2D eigenvalue weighted by Crippen LogP contribution is 2.14. The third kappa shape index (κ3) is 1.40. The Kier molecular flexibility index (Phi) is 2.04. The first-order valence-electron chi connectivity index (χ1n) is 4.49. The third-order valence-corrected chi connectivity index (χ3v) is 2.37. The van der Waals surface area contributed by atoms with Crippen LogP contribution in [0.5, 0.6) is 0 Å². The van der Waals surface area contributed by atoms with Crippen molar-refractivity contribution in [2.75, 3.05) is 0 Å². The van der Waals surface area contributed by atoms with Crippen LogP contribution in [0.1, 0.15) is 10.4 Å². The Bertz CT molecular complexity index is 599. The van der Waals surface area contributed by atoms with Gasteiger partial charge in [0.2, 0.25) is 0 Å². The zero-order chi connectivity index (χ0) is 11.0. The fourth-order valence-electron chi connectivity index (χ4n) is 1.66. The molecule has 1 aromatic carbocycles. The van der Waals surface area contributed by atoms with Crippen molar-refractivity contribution in [3.63, 3.8) is 0 Å². The minimum atomic E-state index is -0.526. The largest absolute Gasteiger partial charge is 0.366 e. The van der Waals surface area contributed by atoms with Gasteiger partial charge in [-0.15, -0.1) is 0 Å². The lowest BCUT2D eigenvalue weighted by atomic mass is 10.1. The van der Waals surface area contributed by atoms with Gasteiger partial charge in [-0.25, -0.2) is 0 Å². The molecule has 2 N–H and O–H groups in total. The second kappa shape index (κ2) is 3.24. The van der Waals surface area contributed by atoms with E-state index >= 15 is 0 Å². The molecule has 0 bridgehead atoms. The van der Waals surface area contributed by atoms with Crippen LogP contribution in [0.15, 0.2) is 35.3 Å². The molecule has 1 amide bonds. The summed E-state index contributed by atoms with van der Waals surface area (Å²) in [5, 5.41) is 0.510. The molecule has 0 aliphatic rings. The van der Waals surface area contributed by atoms with Gasteiger partial charge in [0, 0.05) is 24.7 Å². The lowest BCUT2D eigenvalue weighted by molar-refractivity contribution is 0.100. The summed E-state index contributed by atoms with van der Waals surface area (Å²) >= 11 is 0. The van der Waals surface area contributed by atoms with Gasteiger partial charge in [-0.1, -0.05) is 6.07 Å². The number of para-hydroxylation sites is 1. The molecular formula is C11H10N2O2. The fraction of sp³-hybridized carbons (Fsp3) is 0.0909. The van der Waals surface area contributed by atoms with E-state index in [0.717, 1.165) is 0 Å². The van der Waals surface area contributed by atoms with Crippen molar-refractivity contribution in [2.45, 2.75) is 0 Å². The van der Waals surface area contributed by atoms with Crippen molar-refractivity contribution < 1.29 is 4.79 Å². The Morgan fingerprint density at radius 3 is 2.73 bits per heavy atom. The summed E-state index contributed by atoms with van der Waals surface area (Å²) in [6, 6.07) is 6.42. The van der Waals surface area contributed by atoms with Crippen molar-refractivity contribution in [3.05, 3.63) is 46.2 Å². The number of benzene rings is 1. The quantitative estimate of drug-likeness (QED) is 0.737. The van der Waals surface area contributed by atoms with Gasteiger partial charge in [-0.3, -0.25) is 9.59 Å². The molecule has 1 aromatic heterocycles. The van der Waals surface area contributed by atoms with E-state index in [9.17, 15) is 9.59 Å². The zero-order valence-corrected chi connectivity index (χ0v) is 8.23. The number of aryl methyl sites for hydroxylation is 1. The Labute approximate surface area is 85.9 Å². The summed E-state index contributed by atoms with van der Waals surface area (Å²) in [6.45, 7) is 0. The Morgan fingerprint density at radius 1 is 1.33 bits per heavy atom. The maximum absolute atomic E-state index is 11.5. The number of nitrogens with two attached hydrogens (primary N) is 1. The molecule has 0 unspecified atom stereocenters. The van der Waals surface area contributed by atoms with Gasteiger partial charge in [0.15, 0.2) is 5.43 Å². The normalized spacial score (nSPS) is 10.5. The van der Waals surface area contributed by atoms with Crippen molar-refractivity contribution in [1.82, 2.24) is 4.57 Å². The number of rotatable bonds is 1. The summed E-state index contributed by atoms with van der Waals surface area (Å²) in [4.78, 5) is 22.7. The van der Waals surface area contributed by atoms with Crippen molar-refractivity contribution in [1.29, 1.82) is 0 Å². The van der Waals surface area contributed by atoms with E-state index in [2.05, 4.69) is 0 Å². The Hall–Kier alpha value is -2.10. The van der Waals surface area contributed by atoms with Gasteiger partial charge in [0.05, 0.1) is 11.1 Å². The number of carbonyl (C=O) groups is 1. The smallest absolute Gasteiger partial charge is 0.250 e. The second-order valence-electron chi connectivity index (χ2n) is 3.36. The molecule has 2 rings (SSSR count). The number of hydrogen-bond donors (Lipinski definition) is 1. The van der Waals surface area contributed by atoms with Gasteiger partial charge in [0.1, 0.15) is 0 Å². The lowest BCUT2D eigenvalue weighted by Gasteiger charge is -2.07. The number of carbonyl (C=O) groups excluding carboxylic acids is 1. The molecule has 0 radical (unpaired) electrons. The topological polar surface area (TPSA) is 65.1 Å². The molecule has 4 heteroatoms. The number of pyridine rings is 1. The van der Waals surface area contributed by atoms with Crippen LogP contribution in [-0.4, -0.2) is 10.5 Å².